The molecule has 0 spiro atoms. The quantitative estimate of drug-likeness (QED) is 0.853. The highest BCUT2D eigenvalue weighted by atomic mass is 19.1. The van der Waals surface area contributed by atoms with Crippen molar-refractivity contribution in [2.45, 2.75) is 44.6 Å². The molecule has 0 amide bonds. The summed E-state index contributed by atoms with van der Waals surface area (Å²) in [6.07, 6.45) is 8.88. The van der Waals surface area contributed by atoms with Gasteiger partial charge in [-0.25, -0.2) is 4.39 Å². The second-order valence-corrected chi connectivity index (χ2v) is 4.72. The molecular weight excluding hydrogens is 203 g/mol. The summed E-state index contributed by atoms with van der Waals surface area (Å²) < 4.78 is 13.5. The van der Waals surface area contributed by atoms with E-state index >= 15 is 0 Å². The number of halogens is 1. The Morgan fingerprint density at radius 3 is 2.81 bits per heavy atom. The molecule has 0 aliphatic heterocycles. The molecule has 2 nitrogen and oxygen atoms in total. The topological polar surface area (TPSA) is 38.9 Å². The zero-order valence-corrected chi connectivity index (χ0v) is 9.53. The van der Waals surface area contributed by atoms with Crippen LogP contribution in [0.2, 0.25) is 0 Å². The minimum atomic E-state index is -0.272. The standard InChI is InChI=1S/C13H19FN2/c14-11-7-4-8-16-13(11)12(15)9-10-5-2-1-3-6-10/h4,7-8,10,12H,1-3,5-6,9,15H2. The summed E-state index contributed by atoms with van der Waals surface area (Å²) in [6.45, 7) is 0. The molecule has 1 atom stereocenters. The van der Waals surface area contributed by atoms with Gasteiger partial charge in [0.2, 0.25) is 0 Å². The minimum Gasteiger partial charge on any atom is -0.323 e. The summed E-state index contributed by atoms with van der Waals surface area (Å²) in [5, 5.41) is 0. The summed E-state index contributed by atoms with van der Waals surface area (Å²) in [5.74, 6) is 0.385. The highest BCUT2D eigenvalue weighted by molar-refractivity contribution is 5.11. The second kappa shape index (κ2) is 5.39. The molecule has 3 heteroatoms. The molecule has 2 rings (SSSR count). The third-order valence-electron chi connectivity index (χ3n) is 3.45. The number of hydrogen-bond acceptors (Lipinski definition) is 2. The fraction of sp³-hybridized carbons (Fsp3) is 0.615. The highest BCUT2D eigenvalue weighted by Gasteiger charge is 2.20. The van der Waals surface area contributed by atoms with Gasteiger partial charge in [0.15, 0.2) is 0 Å². The van der Waals surface area contributed by atoms with E-state index in [1.807, 2.05) is 0 Å². The van der Waals surface area contributed by atoms with E-state index in [9.17, 15) is 4.39 Å². The molecule has 16 heavy (non-hydrogen) atoms. The van der Waals surface area contributed by atoms with Crippen LogP contribution >= 0.6 is 0 Å². The van der Waals surface area contributed by atoms with Crippen LogP contribution in [0.1, 0.15) is 50.3 Å². The van der Waals surface area contributed by atoms with E-state index in [4.69, 9.17) is 5.73 Å². The van der Waals surface area contributed by atoms with Gasteiger partial charge >= 0.3 is 0 Å². The van der Waals surface area contributed by atoms with Crippen molar-refractivity contribution in [3.05, 3.63) is 29.8 Å². The van der Waals surface area contributed by atoms with Crippen LogP contribution in [-0.2, 0) is 0 Å². The fourth-order valence-electron chi connectivity index (χ4n) is 2.56. The third-order valence-corrected chi connectivity index (χ3v) is 3.45. The molecule has 2 N–H and O–H groups in total. The molecule has 0 radical (unpaired) electrons. The number of aromatic nitrogens is 1. The maximum absolute atomic E-state index is 13.5. The van der Waals surface area contributed by atoms with Crippen LogP contribution in [0.4, 0.5) is 4.39 Å². The van der Waals surface area contributed by atoms with E-state index in [-0.39, 0.29) is 11.9 Å². The smallest absolute Gasteiger partial charge is 0.146 e. The molecule has 1 unspecified atom stereocenters. The van der Waals surface area contributed by atoms with Gasteiger partial charge in [-0.05, 0) is 24.5 Å². The Morgan fingerprint density at radius 1 is 1.38 bits per heavy atom. The van der Waals surface area contributed by atoms with Gasteiger partial charge in [-0.2, -0.15) is 0 Å². The minimum absolute atomic E-state index is 0.246. The van der Waals surface area contributed by atoms with Crippen molar-refractivity contribution in [2.24, 2.45) is 11.7 Å². The van der Waals surface area contributed by atoms with E-state index < -0.39 is 0 Å². The van der Waals surface area contributed by atoms with Crippen molar-refractivity contribution >= 4 is 0 Å². The Bertz CT molecular complexity index is 334. The lowest BCUT2D eigenvalue weighted by atomic mass is 9.84. The first-order valence-electron chi connectivity index (χ1n) is 6.13. The van der Waals surface area contributed by atoms with Crippen LogP contribution in [0, 0.1) is 11.7 Å². The van der Waals surface area contributed by atoms with E-state index in [1.165, 1.54) is 38.2 Å². The normalized spacial score (nSPS) is 19.6. The van der Waals surface area contributed by atoms with E-state index in [2.05, 4.69) is 4.98 Å². The SMILES string of the molecule is NC(CC1CCCCC1)c1ncccc1F. The summed E-state index contributed by atoms with van der Waals surface area (Å²) in [6, 6.07) is 2.79. The van der Waals surface area contributed by atoms with Gasteiger partial charge in [-0.15, -0.1) is 0 Å². The van der Waals surface area contributed by atoms with Crippen molar-refractivity contribution in [1.29, 1.82) is 0 Å². The monoisotopic (exact) mass is 222 g/mol. The van der Waals surface area contributed by atoms with Gasteiger partial charge in [-0.1, -0.05) is 32.1 Å². The molecule has 0 aromatic carbocycles. The van der Waals surface area contributed by atoms with Gasteiger partial charge in [0, 0.05) is 6.20 Å². The highest BCUT2D eigenvalue weighted by Crippen LogP contribution is 2.30. The lowest BCUT2D eigenvalue weighted by molar-refractivity contribution is 0.315. The van der Waals surface area contributed by atoms with Gasteiger partial charge in [-0.3, -0.25) is 4.98 Å². The number of nitrogens with two attached hydrogens (primary N) is 1. The molecule has 1 aliphatic carbocycles. The van der Waals surface area contributed by atoms with Crippen molar-refractivity contribution in [1.82, 2.24) is 4.98 Å². The first-order valence-corrected chi connectivity index (χ1v) is 6.13. The van der Waals surface area contributed by atoms with Crippen LogP contribution in [0.25, 0.3) is 0 Å². The number of nitrogens with zero attached hydrogens (tertiary/aromatic N) is 1. The molecule has 1 fully saturated rings. The second-order valence-electron chi connectivity index (χ2n) is 4.72. The summed E-state index contributed by atoms with van der Waals surface area (Å²) >= 11 is 0. The van der Waals surface area contributed by atoms with Gasteiger partial charge in [0.1, 0.15) is 5.82 Å². The molecule has 1 heterocycles. The number of hydrogen-bond donors (Lipinski definition) is 1. The average Bonchev–Trinajstić information content (AvgIpc) is 2.31. The van der Waals surface area contributed by atoms with Crippen molar-refractivity contribution in [2.75, 3.05) is 0 Å². The maximum Gasteiger partial charge on any atom is 0.146 e. The van der Waals surface area contributed by atoms with E-state index in [1.54, 1.807) is 12.3 Å². The number of pyridine rings is 1. The van der Waals surface area contributed by atoms with Crippen molar-refractivity contribution in [3.63, 3.8) is 0 Å². The first kappa shape index (κ1) is 11.5. The lowest BCUT2D eigenvalue weighted by Gasteiger charge is -2.24. The van der Waals surface area contributed by atoms with Crippen LogP contribution < -0.4 is 5.73 Å². The van der Waals surface area contributed by atoms with Crippen molar-refractivity contribution < 1.29 is 4.39 Å². The lowest BCUT2D eigenvalue weighted by Crippen LogP contribution is -2.19. The van der Waals surface area contributed by atoms with Crippen LogP contribution in [0.3, 0.4) is 0 Å². The van der Waals surface area contributed by atoms with E-state index in [0.29, 0.717) is 11.6 Å². The van der Waals surface area contributed by atoms with Crippen LogP contribution in [0.15, 0.2) is 18.3 Å². The molecule has 1 aliphatic rings. The van der Waals surface area contributed by atoms with Gasteiger partial charge in [0.25, 0.3) is 0 Å². The van der Waals surface area contributed by atoms with Crippen LogP contribution in [-0.4, -0.2) is 4.98 Å². The Morgan fingerprint density at radius 2 is 2.12 bits per heavy atom. The molecule has 1 aromatic rings. The maximum atomic E-state index is 13.5. The zero-order chi connectivity index (χ0) is 11.4. The molecule has 1 aromatic heterocycles. The Hall–Kier alpha value is -0.960. The zero-order valence-electron chi connectivity index (χ0n) is 9.53. The van der Waals surface area contributed by atoms with Crippen LogP contribution in [0.5, 0.6) is 0 Å². The first-order chi connectivity index (χ1) is 7.77. The Balaban J connectivity index is 1.96. The molecule has 1 saturated carbocycles. The van der Waals surface area contributed by atoms with Gasteiger partial charge in [0.05, 0.1) is 11.7 Å². The summed E-state index contributed by atoms with van der Waals surface area (Å²) in [7, 11) is 0. The predicted octanol–water partition coefficient (Wildman–Crippen LogP) is 3.19. The fourth-order valence-corrected chi connectivity index (χ4v) is 2.56. The van der Waals surface area contributed by atoms with Gasteiger partial charge < -0.3 is 5.73 Å². The summed E-state index contributed by atoms with van der Waals surface area (Å²) in [5.41, 5.74) is 6.45. The average molecular weight is 222 g/mol. The number of rotatable bonds is 3. The summed E-state index contributed by atoms with van der Waals surface area (Å²) in [4.78, 5) is 4.04. The Labute approximate surface area is 96.1 Å². The predicted molar refractivity (Wildman–Crippen MR) is 62.3 cm³/mol. The molecule has 88 valence electrons. The van der Waals surface area contributed by atoms with Crippen molar-refractivity contribution in [3.8, 4) is 0 Å². The molecular formula is C13H19FN2. The third kappa shape index (κ3) is 2.79. The molecule has 0 saturated heterocycles. The largest absolute Gasteiger partial charge is 0.323 e. The Kier molecular flexibility index (Phi) is 3.88. The van der Waals surface area contributed by atoms with E-state index in [0.717, 1.165) is 6.42 Å². The molecule has 0 bridgehead atoms.